The first kappa shape index (κ1) is 20.0. The van der Waals surface area contributed by atoms with E-state index in [1.54, 1.807) is 0 Å². The van der Waals surface area contributed by atoms with E-state index in [9.17, 15) is 23.4 Å². The lowest BCUT2D eigenvalue weighted by Crippen LogP contribution is -2.37. The molecule has 0 heterocycles. The molecule has 27 heavy (non-hydrogen) atoms. The van der Waals surface area contributed by atoms with E-state index in [0.717, 1.165) is 18.4 Å². The summed E-state index contributed by atoms with van der Waals surface area (Å²) in [5, 5.41) is 24.5. The predicted octanol–water partition coefficient (Wildman–Crippen LogP) is 2.96. The van der Waals surface area contributed by atoms with Crippen LogP contribution in [0.1, 0.15) is 39.0 Å². The number of aliphatic hydroxyl groups excluding tert-OH is 1. The maximum absolute atomic E-state index is 12.9. The minimum absolute atomic E-state index is 0.0337. The van der Waals surface area contributed by atoms with Gasteiger partial charge in [-0.1, -0.05) is 23.3 Å². The monoisotopic (exact) mass is 414 g/mol. The fourth-order valence-corrected chi connectivity index (χ4v) is 6.08. The highest BCUT2D eigenvalue weighted by atomic mass is 35.5. The number of nitrogens with one attached hydrogen (secondary N) is 2. The highest BCUT2D eigenvalue weighted by Gasteiger charge is 2.38. The lowest BCUT2D eigenvalue weighted by molar-refractivity contribution is 0.183. The van der Waals surface area contributed by atoms with Crippen LogP contribution in [0.3, 0.4) is 0 Å². The van der Waals surface area contributed by atoms with Gasteiger partial charge in [0.25, 0.3) is 0 Å². The van der Waals surface area contributed by atoms with Crippen LogP contribution < -0.4 is 10.6 Å². The topological polar surface area (TPSA) is 116 Å². The number of phenolic OH excluding ortho intramolecular Hbond substituents is 1. The smallest absolute Gasteiger partial charge is 0.319 e. The Morgan fingerprint density at radius 2 is 2.00 bits per heavy atom. The molecule has 2 aliphatic rings. The van der Waals surface area contributed by atoms with Gasteiger partial charge in [0.2, 0.25) is 0 Å². The van der Waals surface area contributed by atoms with Crippen molar-refractivity contribution in [1.29, 1.82) is 0 Å². The Hall–Kier alpha value is -1.77. The van der Waals surface area contributed by atoms with E-state index in [0.29, 0.717) is 12.8 Å². The van der Waals surface area contributed by atoms with Crippen LogP contribution in [0.4, 0.5) is 10.5 Å². The Bertz CT molecular complexity index is 884. The quantitative estimate of drug-likeness (QED) is 0.446. The number of halogens is 1. The van der Waals surface area contributed by atoms with Gasteiger partial charge in [-0.2, -0.15) is 0 Å². The standard InChI is InChI=1S/C18H23ClN2O5S/c1-10-3-2-4-14(10)20-18(24)21-15-8-7-13(19)17(16(15)23)27(25,26)12-6-5-11(22)9-12/h3,7-8,11-12,14,22-23H,2,4-6,9H2,1H3,(H2,20,21,24)/t11?,12?,14-/m1/s1. The summed E-state index contributed by atoms with van der Waals surface area (Å²) < 4.78 is 25.8. The molecule has 0 bridgehead atoms. The fourth-order valence-electron chi connectivity index (χ4n) is 3.63. The summed E-state index contributed by atoms with van der Waals surface area (Å²) in [7, 11) is -3.95. The number of phenols is 1. The van der Waals surface area contributed by atoms with Gasteiger partial charge in [-0.05, 0) is 51.2 Å². The van der Waals surface area contributed by atoms with Crippen LogP contribution in [0.5, 0.6) is 5.75 Å². The van der Waals surface area contributed by atoms with Gasteiger partial charge in [0.1, 0.15) is 4.90 Å². The van der Waals surface area contributed by atoms with E-state index in [-0.39, 0.29) is 23.2 Å². The number of hydrogen-bond acceptors (Lipinski definition) is 5. The van der Waals surface area contributed by atoms with Gasteiger partial charge in [0.05, 0.1) is 28.1 Å². The van der Waals surface area contributed by atoms with E-state index in [1.165, 1.54) is 12.1 Å². The summed E-state index contributed by atoms with van der Waals surface area (Å²) in [5.41, 5.74) is 1.03. The van der Waals surface area contributed by atoms with Crippen LogP contribution >= 0.6 is 11.6 Å². The van der Waals surface area contributed by atoms with Crippen molar-refractivity contribution in [2.75, 3.05) is 5.32 Å². The molecule has 0 spiro atoms. The third-order valence-electron chi connectivity index (χ3n) is 5.19. The van der Waals surface area contributed by atoms with Crippen molar-refractivity contribution in [3.05, 3.63) is 28.8 Å². The van der Waals surface area contributed by atoms with E-state index in [2.05, 4.69) is 10.6 Å². The van der Waals surface area contributed by atoms with Crippen molar-refractivity contribution in [2.24, 2.45) is 0 Å². The molecular weight excluding hydrogens is 392 g/mol. The second-order valence-corrected chi connectivity index (χ2v) is 9.66. The second-order valence-electron chi connectivity index (χ2n) is 7.08. The van der Waals surface area contributed by atoms with Gasteiger partial charge >= 0.3 is 6.03 Å². The minimum atomic E-state index is -3.95. The average molecular weight is 415 g/mol. The summed E-state index contributed by atoms with van der Waals surface area (Å²) in [6, 6.07) is 2.07. The molecule has 0 saturated heterocycles. The SMILES string of the molecule is CC1=CCC[C@H]1NC(=O)Nc1ccc(Cl)c(S(=O)(=O)C2CCC(O)C2)c1O. The maximum Gasteiger partial charge on any atom is 0.319 e. The van der Waals surface area contributed by atoms with Gasteiger partial charge in [-0.3, -0.25) is 0 Å². The van der Waals surface area contributed by atoms with Crippen molar-refractivity contribution in [2.45, 2.75) is 61.3 Å². The molecule has 0 aliphatic heterocycles. The average Bonchev–Trinajstić information content (AvgIpc) is 3.19. The zero-order chi connectivity index (χ0) is 19.8. The Morgan fingerprint density at radius 3 is 2.59 bits per heavy atom. The number of benzene rings is 1. The van der Waals surface area contributed by atoms with Gasteiger partial charge in [-0.15, -0.1) is 0 Å². The molecule has 2 amide bonds. The van der Waals surface area contributed by atoms with Crippen LogP contribution in [0, 0.1) is 0 Å². The molecule has 3 rings (SSSR count). The number of urea groups is 1. The molecule has 2 unspecified atom stereocenters. The van der Waals surface area contributed by atoms with Gasteiger partial charge in [-0.25, -0.2) is 13.2 Å². The van der Waals surface area contributed by atoms with E-state index in [4.69, 9.17) is 11.6 Å². The van der Waals surface area contributed by atoms with Crippen molar-refractivity contribution in [3.8, 4) is 5.75 Å². The number of rotatable bonds is 4. The molecule has 1 aromatic carbocycles. The lowest BCUT2D eigenvalue weighted by Gasteiger charge is -2.18. The zero-order valence-corrected chi connectivity index (χ0v) is 16.5. The molecule has 9 heteroatoms. The van der Waals surface area contributed by atoms with Crippen LogP contribution in [-0.2, 0) is 9.84 Å². The first-order chi connectivity index (χ1) is 12.7. The van der Waals surface area contributed by atoms with E-state index in [1.807, 2.05) is 13.0 Å². The minimum Gasteiger partial charge on any atom is -0.504 e. The molecule has 1 fully saturated rings. The molecule has 4 N–H and O–H groups in total. The second kappa shape index (κ2) is 7.69. The number of carbonyl (C=O) groups excluding carboxylic acids is 1. The fraction of sp³-hybridized carbons (Fsp3) is 0.500. The van der Waals surface area contributed by atoms with Gasteiger partial charge in [0.15, 0.2) is 15.6 Å². The molecule has 148 valence electrons. The largest absolute Gasteiger partial charge is 0.504 e. The Kier molecular flexibility index (Phi) is 5.69. The molecule has 0 aromatic heterocycles. The first-order valence-corrected chi connectivity index (χ1v) is 10.8. The van der Waals surface area contributed by atoms with Crippen molar-refractivity contribution in [3.63, 3.8) is 0 Å². The number of aromatic hydroxyl groups is 1. The van der Waals surface area contributed by atoms with Crippen LogP contribution in [-0.4, -0.2) is 42.1 Å². The highest BCUT2D eigenvalue weighted by Crippen LogP contribution is 2.41. The number of sulfone groups is 1. The summed E-state index contributed by atoms with van der Waals surface area (Å²) in [6.45, 7) is 1.93. The number of amides is 2. The normalized spacial score (nSPS) is 25.3. The molecule has 3 atom stereocenters. The Balaban J connectivity index is 1.83. The number of hydrogen-bond donors (Lipinski definition) is 4. The number of anilines is 1. The summed E-state index contributed by atoms with van der Waals surface area (Å²) in [4.78, 5) is 11.8. The van der Waals surface area contributed by atoms with Crippen LogP contribution in [0.25, 0.3) is 0 Å². The Morgan fingerprint density at radius 1 is 1.26 bits per heavy atom. The maximum atomic E-state index is 12.9. The molecule has 0 radical (unpaired) electrons. The molecule has 2 aliphatic carbocycles. The Labute approximate surface area is 163 Å². The van der Waals surface area contributed by atoms with Crippen LogP contribution in [0.15, 0.2) is 28.7 Å². The van der Waals surface area contributed by atoms with E-state index < -0.39 is 37.9 Å². The first-order valence-electron chi connectivity index (χ1n) is 8.87. The van der Waals surface area contributed by atoms with Crippen molar-refractivity contribution >= 4 is 33.2 Å². The predicted molar refractivity (Wildman–Crippen MR) is 103 cm³/mol. The molecule has 1 saturated carbocycles. The molecular formula is C18H23ClN2O5S. The summed E-state index contributed by atoms with van der Waals surface area (Å²) in [6.07, 6.45) is 3.84. The summed E-state index contributed by atoms with van der Waals surface area (Å²) in [5.74, 6) is -0.585. The summed E-state index contributed by atoms with van der Waals surface area (Å²) >= 11 is 6.06. The number of allylic oxidation sites excluding steroid dienone is 1. The van der Waals surface area contributed by atoms with Crippen molar-refractivity contribution in [1.82, 2.24) is 5.32 Å². The molecule has 7 nitrogen and oxygen atoms in total. The third-order valence-corrected chi connectivity index (χ3v) is 7.90. The van der Waals surface area contributed by atoms with Gasteiger partial charge < -0.3 is 20.8 Å². The zero-order valence-electron chi connectivity index (χ0n) is 14.9. The number of aliphatic hydroxyl groups is 1. The third kappa shape index (κ3) is 4.07. The van der Waals surface area contributed by atoms with Crippen molar-refractivity contribution < 1.29 is 23.4 Å². The van der Waals surface area contributed by atoms with Crippen LogP contribution in [0.2, 0.25) is 5.02 Å². The lowest BCUT2D eigenvalue weighted by atomic mass is 10.2. The van der Waals surface area contributed by atoms with E-state index >= 15 is 0 Å². The van der Waals surface area contributed by atoms with Gasteiger partial charge in [0, 0.05) is 0 Å². The molecule has 1 aromatic rings. The number of carbonyl (C=O) groups is 1. The highest BCUT2D eigenvalue weighted by molar-refractivity contribution is 7.92.